The molecule has 0 saturated carbocycles. The van der Waals surface area contributed by atoms with Gasteiger partial charge in [-0.2, -0.15) is 19.0 Å². The number of benzene rings is 1. The molecule has 2 aromatic heterocycles. The lowest BCUT2D eigenvalue weighted by atomic mass is 10.2. The maximum absolute atomic E-state index is 14.5. The Morgan fingerprint density at radius 1 is 1.22 bits per heavy atom. The lowest BCUT2D eigenvalue weighted by Gasteiger charge is -2.16. The molecule has 1 aliphatic rings. The molecule has 1 fully saturated rings. The zero-order valence-electron chi connectivity index (χ0n) is 17.2. The molecular weight excluding hydrogens is 418 g/mol. The zero-order chi connectivity index (χ0) is 22.5. The van der Waals surface area contributed by atoms with Gasteiger partial charge in [0.25, 0.3) is 0 Å². The van der Waals surface area contributed by atoms with Gasteiger partial charge in [0.05, 0.1) is 18.9 Å². The molecule has 3 heterocycles. The van der Waals surface area contributed by atoms with E-state index in [9.17, 15) is 8.78 Å². The molecule has 3 aromatic rings. The van der Waals surface area contributed by atoms with E-state index in [1.54, 1.807) is 6.07 Å². The first-order chi connectivity index (χ1) is 15.6. The number of hydrogen-bond acceptors (Lipinski definition) is 8. The number of pyridine rings is 1. The van der Waals surface area contributed by atoms with Crippen LogP contribution in [0.1, 0.15) is 18.4 Å². The van der Waals surface area contributed by atoms with Gasteiger partial charge in [0.2, 0.25) is 17.5 Å². The van der Waals surface area contributed by atoms with Crippen LogP contribution in [0.4, 0.5) is 14.5 Å². The second-order valence-electron chi connectivity index (χ2n) is 7.16. The number of aromatic nitrogens is 3. The lowest BCUT2D eigenvalue weighted by Crippen LogP contribution is -2.29. The highest BCUT2D eigenvalue weighted by Gasteiger charge is 2.20. The molecule has 0 unspecified atom stereocenters. The Bertz CT molecular complexity index is 1160. The van der Waals surface area contributed by atoms with Crippen LogP contribution in [0, 0.1) is 23.0 Å². The molecule has 0 spiro atoms. The van der Waals surface area contributed by atoms with Crippen molar-refractivity contribution in [1.82, 2.24) is 20.3 Å². The Balaban J connectivity index is 1.69. The molecule has 8 nitrogen and oxygen atoms in total. The minimum absolute atomic E-state index is 0.0128. The number of rotatable bonds is 7. The summed E-state index contributed by atoms with van der Waals surface area (Å²) in [4.78, 5) is 12.7. The van der Waals surface area contributed by atoms with Gasteiger partial charge in [-0.05, 0) is 37.6 Å². The van der Waals surface area contributed by atoms with E-state index in [4.69, 9.17) is 14.7 Å². The van der Waals surface area contributed by atoms with Gasteiger partial charge in [0.15, 0.2) is 17.3 Å². The third kappa shape index (κ3) is 4.58. The van der Waals surface area contributed by atoms with Crippen LogP contribution in [-0.4, -0.2) is 41.2 Å². The summed E-state index contributed by atoms with van der Waals surface area (Å²) in [5, 5.41) is 15.7. The molecule has 10 heteroatoms. The van der Waals surface area contributed by atoms with Crippen LogP contribution in [-0.2, 0) is 0 Å². The lowest BCUT2D eigenvalue weighted by molar-refractivity contribution is 0.356. The minimum Gasteiger partial charge on any atom is -0.494 e. The van der Waals surface area contributed by atoms with E-state index in [-0.39, 0.29) is 29.2 Å². The van der Waals surface area contributed by atoms with Crippen molar-refractivity contribution < 1.29 is 18.3 Å². The predicted molar refractivity (Wildman–Crippen MR) is 112 cm³/mol. The van der Waals surface area contributed by atoms with Crippen LogP contribution in [0.25, 0.3) is 11.4 Å². The van der Waals surface area contributed by atoms with Crippen LogP contribution in [0.3, 0.4) is 0 Å². The fourth-order valence-electron chi connectivity index (χ4n) is 3.35. The van der Waals surface area contributed by atoms with Crippen molar-refractivity contribution in [1.29, 1.82) is 5.26 Å². The maximum Gasteiger partial charge on any atom is 0.246 e. The van der Waals surface area contributed by atoms with Crippen molar-refractivity contribution in [2.45, 2.75) is 18.9 Å². The Morgan fingerprint density at radius 3 is 2.78 bits per heavy atom. The van der Waals surface area contributed by atoms with Crippen molar-refractivity contribution in [3.05, 3.63) is 54.0 Å². The molecular formula is C22H20F2N6O2. The Morgan fingerprint density at radius 2 is 2.03 bits per heavy atom. The van der Waals surface area contributed by atoms with E-state index in [1.165, 1.54) is 37.8 Å². The standard InChI is InChI=1S/C22H20F2N6O2/c1-31-17-4-5-18(20(24)19(17)23)32-22-16(28-11-15-3-2-6-27-15)12-29-21(30-22)14-7-13(8-25)9-26-10-14/h4-5,7,9-10,12,15,27-28H,2-3,6,11H2,1H3/t15-/m0/s1. The summed E-state index contributed by atoms with van der Waals surface area (Å²) in [6.07, 6.45) is 6.53. The molecule has 0 radical (unpaired) electrons. The number of nitriles is 1. The number of nitrogens with zero attached hydrogens (tertiary/aromatic N) is 4. The summed E-state index contributed by atoms with van der Waals surface area (Å²) in [6, 6.07) is 6.39. The summed E-state index contributed by atoms with van der Waals surface area (Å²) < 4.78 is 39.2. The average molecular weight is 438 g/mol. The van der Waals surface area contributed by atoms with Crippen LogP contribution in [0.15, 0.2) is 36.8 Å². The number of hydrogen-bond donors (Lipinski definition) is 2. The van der Waals surface area contributed by atoms with Crippen LogP contribution >= 0.6 is 0 Å². The summed E-state index contributed by atoms with van der Waals surface area (Å²) in [5.41, 5.74) is 1.24. The quantitative estimate of drug-likeness (QED) is 0.576. The van der Waals surface area contributed by atoms with Crippen molar-refractivity contribution in [2.75, 3.05) is 25.5 Å². The van der Waals surface area contributed by atoms with Crippen LogP contribution < -0.4 is 20.1 Å². The van der Waals surface area contributed by atoms with E-state index >= 15 is 0 Å². The normalized spacial score (nSPS) is 15.2. The van der Waals surface area contributed by atoms with Gasteiger partial charge in [0, 0.05) is 30.5 Å². The molecule has 164 valence electrons. The average Bonchev–Trinajstić information content (AvgIpc) is 3.35. The van der Waals surface area contributed by atoms with Crippen LogP contribution in [0.5, 0.6) is 17.4 Å². The molecule has 0 amide bonds. The van der Waals surface area contributed by atoms with Crippen molar-refractivity contribution >= 4 is 5.69 Å². The van der Waals surface area contributed by atoms with Gasteiger partial charge in [-0.3, -0.25) is 4.98 Å². The summed E-state index contributed by atoms with van der Waals surface area (Å²) in [5.74, 6) is -2.69. The fourth-order valence-corrected chi connectivity index (χ4v) is 3.35. The van der Waals surface area contributed by atoms with E-state index in [2.05, 4.69) is 25.6 Å². The third-order valence-electron chi connectivity index (χ3n) is 5.02. The van der Waals surface area contributed by atoms with Crippen molar-refractivity contribution in [2.24, 2.45) is 0 Å². The predicted octanol–water partition coefficient (Wildman–Crippen LogP) is 3.65. The molecule has 1 aliphatic heterocycles. The minimum atomic E-state index is -1.19. The number of methoxy groups -OCH3 is 1. The first-order valence-electron chi connectivity index (χ1n) is 9.98. The molecule has 1 aromatic carbocycles. The first kappa shape index (κ1) is 21.4. The highest BCUT2D eigenvalue weighted by atomic mass is 19.2. The SMILES string of the molecule is COc1ccc(Oc2nc(-c3cncc(C#N)c3)ncc2NC[C@@H]2CCCN2)c(F)c1F. The van der Waals surface area contributed by atoms with Gasteiger partial charge in [-0.1, -0.05) is 0 Å². The van der Waals surface area contributed by atoms with Crippen molar-refractivity contribution in [3.8, 4) is 34.8 Å². The topological polar surface area (TPSA) is 105 Å². The van der Waals surface area contributed by atoms with E-state index in [0.29, 0.717) is 23.4 Å². The van der Waals surface area contributed by atoms with Gasteiger partial charge in [-0.15, -0.1) is 0 Å². The highest BCUT2D eigenvalue weighted by Crippen LogP contribution is 2.34. The van der Waals surface area contributed by atoms with Crippen molar-refractivity contribution in [3.63, 3.8) is 0 Å². The first-order valence-corrected chi connectivity index (χ1v) is 9.98. The van der Waals surface area contributed by atoms with Gasteiger partial charge >= 0.3 is 0 Å². The summed E-state index contributed by atoms with van der Waals surface area (Å²) >= 11 is 0. The number of anilines is 1. The molecule has 0 bridgehead atoms. The fraction of sp³-hybridized carbons (Fsp3) is 0.273. The van der Waals surface area contributed by atoms with Crippen LogP contribution in [0.2, 0.25) is 0 Å². The smallest absolute Gasteiger partial charge is 0.246 e. The Hall–Kier alpha value is -3.84. The number of ether oxygens (including phenoxy) is 2. The monoisotopic (exact) mass is 438 g/mol. The Kier molecular flexibility index (Phi) is 6.37. The molecule has 1 atom stereocenters. The van der Waals surface area contributed by atoms with E-state index in [1.807, 2.05) is 6.07 Å². The zero-order valence-corrected chi connectivity index (χ0v) is 17.2. The highest BCUT2D eigenvalue weighted by molar-refractivity contribution is 5.61. The van der Waals surface area contributed by atoms with Gasteiger partial charge in [-0.25, -0.2) is 4.98 Å². The second-order valence-corrected chi connectivity index (χ2v) is 7.16. The van der Waals surface area contributed by atoms with E-state index in [0.717, 1.165) is 19.4 Å². The number of halogens is 2. The number of nitrogens with one attached hydrogen (secondary N) is 2. The molecule has 32 heavy (non-hydrogen) atoms. The molecule has 0 aliphatic carbocycles. The summed E-state index contributed by atoms with van der Waals surface area (Å²) in [7, 11) is 1.25. The van der Waals surface area contributed by atoms with Gasteiger partial charge < -0.3 is 20.1 Å². The second kappa shape index (κ2) is 9.53. The molecule has 4 rings (SSSR count). The Labute approximate surface area is 183 Å². The maximum atomic E-state index is 14.5. The summed E-state index contributed by atoms with van der Waals surface area (Å²) in [6.45, 7) is 1.54. The third-order valence-corrected chi connectivity index (χ3v) is 5.02. The van der Waals surface area contributed by atoms with E-state index < -0.39 is 11.6 Å². The molecule has 2 N–H and O–H groups in total. The van der Waals surface area contributed by atoms with Gasteiger partial charge in [0.1, 0.15) is 11.8 Å². The molecule has 1 saturated heterocycles. The largest absolute Gasteiger partial charge is 0.494 e.